The Hall–Kier alpha value is -0.160. The minimum absolute atomic E-state index is 0.0494. The highest BCUT2D eigenvalue weighted by Crippen LogP contribution is 2.18. The van der Waals surface area contributed by atoms with E-state index in [0.29, 0.717) is 0 Å². The van der Waals surface area contributed by atoms with Gasteiger partial charge in [0.2, 0.25) is 0 Å². The first kappa shape index (κ1) is 15.9. The molecule has 0 aliphatic carbocycles. The second kappa shape index (κ2) is 8.10. The zero-order valence-electron chi connectivity index (χ0n) is 12.4. The average molecular weight is 257 g/mol. The van der Waals surface area contributed by atoms with Gasteiger partial charge in [0.25, 0.3) is 0 Å². The lowest BCUT2D eigenvalue weighted by atomic mass is 9.89. The Labute approximate surface area is 112 Å². The van der Waals surface area contributed by atoms with Crippen LogP contribution in [0, 0.1) is 5.41 Å². The number of nitrogens with one attached hydrogen (secondary N) is 1. The molecular weight excluding hydrogens is 226 g/mol. The number of likely N-dealkylation sites (N-methyl/N-ethyl adjacent to an activating group) is 1. The molecule has 1 aliphatic heterocycles. The molecule has 0 aromatic carbocycles. The molecule has 4 nitrogen and oxygen atoms in total. The lowest BCUT2D eigenvalue weighted by molar-refractivity contribution is 0.133. The number of rotatable bonds is 8. The maximum absolute atomic E-state index is 9.32. The third-order valence-electron chi connectivity index (χ3n) is 4.21. The molecule has 2 N–H and O–H groups in total. The van der Waals surface area contributed by atoms with Crippen molar-refractivity contribution in [1.82, 2.24) is 15.1 Å². The highest BCUT2D eigenvalue weighted by molar-refractivity contribution is 4.74. The first-order valence-electron chi connectivity index (χ1n) is 7.32. The van der Waals surface area contributed by atoms with Gasteiger partial charge >= 0.3 is 0 Å². The van der Waals surface area contributed by atoms with E-state index in [0.717, 1.165) is 19.5 Å². The predicted octanol–water partition coefficient (Wildman–Crippen LogP) is 0.622. The highest BCUT2D eigenvalue weighted by atomic mass is 16.3. The van der Waals surface area contributed by atoms with E-state index in [4.69, 9.17) is 0 Å². The summed E-state index contributed by atoms with van der Waals surface area (Å²) in [6.07, 6.45) is 2.23. The Morgan fingerprint density at radius 1 is 1.22 bits per heavy atom. The van der Waals surface area contributed by atoms with Gasteiger partial charge in [-0.1, -0.05) is 13.8 Å². The van der Waals surface area contributed by atoms with Gasteiger partial charge in [0.05, 0.1) is 0 Å². The van der Waals surface area contributed by atoms with E-state index >= 15 is 0 Å². The highest BCUT2D eigenvalue weighted by Gasteiger charge is 2.20. The van der Waals surface area contributed by atoms with Crippen molar-refractivity contribution < 1.29 is 5.11 Å². The molecule has 0 radical (unpaired) electrons. The third kappa shape index (κ3) is 5.65. The molecule has 1 heterocycles. The quantitative estimate of drug-likeness (QED) is 0.625. The van der Waals surface area contributed by atoms with Crippen molar-refractivity contribution in [2.45, 2.75) is 26.7 Å². The molecule has 0 aromatic rings. The van der Waals surface area contributed by atoms with Gasteiger partial charge in [0, 0.05) is 44.7 Å². The van der Waals surface area contributed by atoms with Crippen LogP contribution in [-0.2, 0) is 0 Å². The van der Waals surface area contributed by atoms with Gasteiger partial charge in [-0.25, -0.2) is 0 Å². The van der Waals surface area contributed by atoms with Crippen LogP contribution in [0.2, 0.25) is 0 Å². The van der Waals surface area contributed by atoms with Crippen LogP contribution in [0.4, 0.5) is 0 Å². The van der Waals surface area contributed by atoms with E-state index in [1.807, 2.05) is 0 Å². The third-order valence-corrected chi connectivity index (χ3v) is 4.21. The standard InChI is InChI=1S/C14H31N3O/c1-4-14(2,13-18)12-15-6-5-7-17-10-8-16(3)9-11-17/h15,18H,4-13H2,1-3H3. The molecular formula is C14H31N3O. The van der Waals surface area contributed by atoms with E-state index in [1.54, 1.807) is 0 Å². The molecule has 18 heavy (non-hydrogen) atoms. The van der Waals surface area contributed by atoms with Gasteiger partial charge in [-0.15, -0.1) is 0 Å². The Morgan fingerprint density at radius 3 is 2.44 bits per heavy atom. The summed E-state index contributed by atoms with van der Waals surface area (Å²) < 4.78 is 0. The van der Waals surface area contributed by atoms with Gasteiger partial charge in [-0.2, -0.15) is 0 Å². The Bertz CT molecular complexity index is 211. The van der Waals surface area contributed by atoms with Crippen LogP contribution >= 0.6 is 0 Å². The molecule has 4 heteroatoms. The lowest BCUT2D eigenvalue weighted by Gasteiger charge is -2.32. The Kier molecular flexibility index (Phi) is 7.15. The summed E-state index contributed by atoms with van der Waals surface area (Å²) in [5.74, 6) is 0. The number of piperazine rings is 1. The fraction of sp³-hybridized carbons (Fsp3) is 1.00. The van der Waals surface area contributed by atoms with Gasteiger partial charge in [0.1, 0.15) is 0 Å². The average Bonchev–Trinajstić information content (AvgIpc) is 2.40. The van der Waals surface area contributed by atoms with Crippen molar-refractivity contribution in [1.29, 1.82) is 0 Å². The second-order valence-corrected chi connectivity index (χ2v) is 6.00. The molecule has 0 saturated carbocycles. The van der Waals surface area contributed by atoms with E-state index in [2.05, 4.69) is 36.0 Å². The summed E-state index contributed by atoms with van der Waals surface area (Å²) in [4.78, 5) is 4.94. The van der Waals surface area contributed by atoms with Crippen molar-refractivity contribution in [3.05, 3.63) is 0 Å². The van der Waals surface area contributed by atoms with Gasteiger partial charge in [0.15, 0.2) is 0 Å². The molecule has 0 amide bonds. The van der Waals surface area contributed by atoms with Crippen molar-refractivity contribution in [3.8, 4) is 0 Å². The number of nitrogens with zero attached hydrogens (tertiary/aromatic N) is 2. The summed E-state index contributed by atoms with van der Waals surface area (Å²) in [5, 5.41) is 12.8. The van der Waals surface area contributed by atoms with Crippen LogP contribution in [0.25, 0.3) is 0 Å². The summed E-state index contributed by atoms with van der Waals surface area (Å²) in [5.41, 5.74) is 0.0494. The van der Waals surface area contributed by atoms with E-state index < -0.39 is 0 Å². The van der Waals surface area contributed by atoms with Crippen LogP contribution in [0.3, 0.4) is 0 Å². The molecule has 1 aliphatic rings. The van der Waals surface area contributed by atoms with E-state index in [-0.39, 0.29) is 12.0 Å². The van der Waals surface area contributed by atoms with Crippen molar-refractivity contribution in [3.63, 3.8) is 0 Å². The van der Waals surface area contributed by atoms with Crippen LogP contribution in [0.15, 0.2) is 0 Å². The van der Waals surface area contributed by atoms with Crippen molar-refractivity contribution in [2.75, 3.05) is 59.5 Å². The molecule has 108 valence electrons. The Balaban J connectivity index is 2.02. The number of aliphatic hydroxyl groups excluding tert-OH is 1. The summed E-state index contributed by atoms with van der Waals surface area (Å²) in [6.45, 7) is 12.5. The first-order valence-corrected chi connectivity index (χ1v) is 7.32. The SMILES string of the molecule is CCC(C)(CO)CNCCCN1CCN(C)CC1. The zero-order valence-corrected chi connectivity index (χ0v) is 12.4. The van der Waals surface area contributed by atoms with Crippen LogP contribution in [0.5, 0.6) is 0 Å². The van der Waals surface area contributed by atoms with Gasteiger partial charge in [-0.3, -0.25) is 0 Å². The maximum Gasteiger partial charge on any atom is 0.0496 e. The molecule has 1 unspecified atom stereocenters. The summed E-state index contributed by atoms with van der Waals surface area (Å²) in [6, 6.07) is 0. The Morgan fingerprint density at radius 2 is 1.89 bits per heavy atom. The fourth-order valence-corrected chi connectivity index (χ4v) is 2.18. The van der Waals surface area contributed by atoms with E-state index in [1.165, 1.54) is 39.1 Å². The topological polar surface area (TPSA) is 38.7 Å². The monoisotopic (exact) mass is 257 g/mol. The number of hydrogen-bond acceptors (Lipinski definition) is 4. The molecule has 0 aromatic heterocycles. The van der Waals surface area contributed by atoms with Gasteiger partial charge < -0.3 is 20.2 Å². The molecule has 1 rings (SSSR count). The molecule has 0 spiro atoms. The van der Waals surface area contributed by atoms with Crippen LogP contribution in [0.1, 0.15) is 26.7 Å². The van der Waals surface area contributed by atoms with Crippen molar-refractivity contribution in [2.24, 2.45) is 5.41 Å². The zero-order chi connectivity index (χ0) is 13.4. The predicted molar refractivity (Wildman–Crippen MR) is 76.9 cm³/mol. The largest absolute Gasteiger partial charge is 0.396 e. The number of aliphatic hydroxyl groups is 1. The second-order valence-electron chi connectivity index (χ2n) is 6.00. The summed E-state index contributed by atoms with van der Waals surface area (Å²) in [7, 11) is 2.19. The van der Waals surface area contributed by atoms with Crippen LogP contribution in [-0.4, -0.2) is 74.4 Å². The lowest BCUT2D eigenvalue weighted by Crippen LogP contribution is -2.45. The molecule has 1 fully saturated rings. The molecule has 1 atom stereocenters. The van der Waals surface area contributed by atoms with Crippen LogP contribution < -0.4 is 5.32 Å². The number of hydrogen-bond donors (Lipinski definition) is 2. The molecule has 0 bridgehead atoms. The maximum atomic E-state index is 9.32. The molecule has 1 saturated heterocycles. The summed E-state index contributed by atoms with van der Waals surface area (Å²) >= 11 is 0. The fourth-order valence-electron chi connectivity index (χ4n) is 2.18. The van der Waals surface area contributed by atoms with Crippen molar-refractivity contribution >= 4 is 0 Å². The minimum Gasteiger partial charge on any atom is -0.396 e. The van der Waals surface area contributed by atoms with E-state index in [9.17, 15) is 5.11 Å². The first-order chi connectivity index (χ1) is 8.59. The normalized spacial score (nSPS) is 22.0. The van der Waals surface area contributed by atoms with Gasteiger partial charge in [-0.05, 0) is 33.0 Å². The minimum atomic E-state index is 0.0494. The smallest absolute Gasteiger partial charge is 0.0496 e.